The first-order valence-corrected chi connectivity index (χ1v) is 11.2. The van der Waals surface area contributed by atoms with Gasteiger partial charge < -0.3 is 5.32 Å². The second kappa shape index (κ2) is 8.83. The van der Waals surface area contributed by atoms with Gasteiger partial charge in [-0.25, -0.2) is 8.42 Å². The van der Waals surface area contributed by atoms with Crippen LogP contribution in [0.15, 0.2) is 47.4 Å². The largest absolute Gasteiger partial charge is 0.326 e. The number of anilines is 1. The summed E-state index contributed by atoms with van der Waals surface area (Å²) in [5.74, 6) is -0.515. The number of carbonyl (C=O) groups excluding carboxylic acids is 2. The molecular weight excluding hydrogens is 435 g/mol. The van der Waals surface area contributed by atoms with E-state index in [0.717, 1.165) is 0 Å². The molecule has 0 radical (unpaired) electrons. The first-order chi connectivity index (χ1) is 13.7. The number of sulfonamides is 1. The lowest BCUT2D eigenvalue weighted by Crippen LogP contribution is -2.41. The fourth-order valence-corrected chi connectivity index (χ4v) is 5.41. The van der Waals surface area contributed by atoms with E-state index < -0.39 is 10.0 Å². The second-order valence-corrected chi connectivity index (χ2v) is 9.63. The zero-order valence-electron chi connectivity index (χ0n) is 15.7. The number of carbonyl (C=O) groups is 2. The van der Waals surface area contributed by atoms with Crippen LogP contribution in [0.4, 0.5) is 5.69 Å². The van der Waals surface area contributed by atoms with Gasteiger partial charge >= 0.3 is 0 Å². The minimum atomic E-state index is -3.78. The van der Waals surface area contributed by atoms with E-state index in [1.54, 1.807) is 24.3 Å². The van der Waals surface area contributed by atoms with Crippen molar-refractivity contribution >= 4 is 50.6 Å². The summed E-state index contributed by atoms with van der Waals surface area (Å²) in [5, 5.41) is 3.23. The summed E-state index contributed by atoms with van der Waals surface area (Å²) in [6, 6.07) is 11.0. The fourth-order valence-electron chi connectivity index (χ4n) is 3.20. The smallest absolute Gasteiger partial charge is 0.244 e. The molecule has 0 aromatic heterocycles. The van der Waals surface area contributed by atoms with Gasteiger partial charge in [0.05, 0.1) is 5.02 Å². The minimum absolute atomic E-state index is 0.0277. The maximum absolute atomic E-state index is 12.9. The molecule has 1 aliphatic heterocycles. The Morgan fingerprint density at radius 2 is 1.66 bits per heavy atom. The maximum atomic E-state index is 12.9. The normalized spacial score (nSPS) is 15.8. The third-order valence-electron chi connectivity index (χ3n) is 4.89. The number of ketones is 1. The first kappa shape index (κ1) is 21.8. The van der Waals surface area contributed by atoms with Gasteiger partial charge in [-0.15, -0.1) is 0 Å². The molecule has 1 heterocycles. The molecule has 1 saturated heterocycles. The van der Waals surface area contributed by atoms with Crippen molar-refractivity contribution in [3.63, 3.8) is 0 Å². The average Bonchev–Trinajstić information content (AvgIpc) is 2.70. The fraction of sp³-hybridized carbons (Fsp3) is 0.300. The van der Waals surface area contributed by atoms with Gasteiger partial charge in [0.15, 0.2) is 5.78 Å². The molecule has 0 bridgehead atoms. The quantitative estimate of drug-likeness (QED) is 0.684. The van der Waals surface area contributed by atoms with E-state index in [0.29, 0.717) is 24.1 Å². The van der Waals surface area contributed by atoms with E-state index in [-0.39, 0.29) is 45.6 Å². The summed E-state index contributed by atoms with van der Waals surface area (Å²) >= 11 is 12.0. The molecule has 0 spiro atoms. The molecule has 1 N–H and O–H groups in total. The van der Waals surface area contributed by atoms with E-state index in [9.17, 15) is 18.0 Å². The zero-order valence-corrected chi connectivity index (χ0v) is 18.0. The van der Waals surface area contributed by atoms with Gasteiger partial charge in [-0.2, -0.15) is 4.31 Å². The van der Waals surface area contributed by atoms with Crippen LogP contribution in [0.5, 0.6) is 0 Å². The minimum Gasteiger partial charge on any atom is -0.326 e. The Kier molecular flexibility index (Phi) is 6.63. The Hall–Kier alpha value is -1.93. The Labute approximate surface area is 179 Å². The van der Waals surface area contributed by atoms with E-state index in [2.05, 4.69) is 5.32 Å². The molecule has 0 saturated carbocycles. The van der Waals surface area contributed by atoms with Crippen LogP contribution in [0.1, 0.15) is 30.1 Å². The van der Waals surface area contributed by atoms with Crippen LogP contribution < -0.4 is 5.32 Å². The van der Waals surface area contributed by atoms with Gasteiger partial charge in [-0.05, 0) is 62.2 Å². The highest BCUT2D eigenvalue weighted by molar-refractivity contribution is 7.89. The zero-order chi connectivity index (χ0) is 21.2. The summed E-state index contributed by atoms with van der Waals surface area (Å²) in [5.41, 5.74) is 1.17. The molecule has 9 heteroatoms. The lowest BCUT2D eigenvalue weighted by Gasteiger charge is -2.30. The topological polar surface area (TPSA) is 83.6 Å². The average molecular weight is 455 g/mol. The highest BCUT2D eigenvalue weighted by Crippen LogP contribution is 2.30. The molecule has 1 fully saturated rings. The van der Waals surface area contributed by atoms with Crippen molar-refractivity contribution in [2.24, 2.45) is 5.92 Å². The summed E-state index contributed by atoms with van der Waals surface area (Å²) < 4.78 is 27.1. The van der Waals surface area contributed by atoms with Crippen molar-refractivity contribution in [2.45, 2.75) is 24.7 Å². The summed E-state index contributed by atoms with van der Waals surface area (Å²) in [7, 11) is -3.78. The Morgan fingerprint density at radius 3 is 2.24 bits per heavy atom. The second-order valence-electron chi connectivity index (χ2n) is 6.88. The number of nitrogens with one attached hydrogen (secondary N) is 1. The lowest BCUT2D eigenvalue weighted by molar-refractivity contribution is -0.120. The third kappa shape index (κ3) is 4.98. The number of hydrogen-bond acceptors (Lipinski definition) is 4. The predicted molar refractivity (Wildman–Crippen MR) is 113 cm³/mol. The van der Waals surface area contributed by atoms with Crippen LogP contribution in [-0.4, -0.2) is 37.5 Å². The molecule has 0 atom stereocenters. The lowest BCUT2D eigenvalue weighted by atomic mass is 9.97. The molecule has 2 aromatic rings. The monoisotopic (exact) mass is 454 g/mol. The van der Waals surface area contributed by atoms with Crippen molar-refractivity contribution in [3.8, 4) is 0 Å². The van der Waals surface area contributed by atoms with Gasteiger partial charge in [-0.1, -0.05) is 23.2 Å². The molecule has 154 valence electrons. The number of rotatable bonds is 5. The number of hydrogen-bond donors (Lipinski definition) is 1. The third-order valence-corrected chi connectivity index (χ3v) is 7.51. The van der Waals surface area contributed by atoms with Crippen molar-refractivity contribution in [1.29, 1.82) is 0 Å². The van der Waals surface area contributed by atoms with Gasteiger partial charge in [-0.3, -0.25) is 9.59 Å². The number of halogens is 2. The summed E-state index contributed by atoms with van der Waals surface area (Å²) in [6.45, 7) is 1.91. The van der Waals surface area contributed by atoms with Gasteiger partial charge in [0.25, 0.3) is 0 Å². The van der Waals surface area contributed by atoms with Gasteiger partial charge in [0.2, 0.25) is 15.9 Å². The molecule has 1 aliphatic rings. The molecule has 2 aromatic carbocycles. The Morgan fingerprint density at radius 1 is 1.03 bits per heavy atom. The molecule has 6 nitrogen and oxygen atoms in total. The highest BCUT2D eigenvalue weighted by atomic mass is 35.5. The molecule has 1 amide bonds. The summed E-state index contributed by atoms with van der Waals surface area (Å²) in [6.07, 6.45) is 0.795. The molecule has 3 rings (SSSR count). The predicted octanol–water partition coefficient (Wildman–Crippen LogP) is 4.24. The van der Waals surface area contributed by atoms with Crippen LogP contribution in [-0.2, 0) is 14.8 Å². The number of benzene rings is 2. The standard InChI is InChI=1S/C20H20Cl2N2O4S/c1-13(25)14-2-5-17(6-3-14)23-20(26)15-8-10-24(11-9-15)29(27,28)19-12-16(21)4-7-18(19)22/h2-7,12,15H,8-11H2,1H3,(H,23,26). The van der Waals surface area contributed by atoms with Crippen molar-refractivity contribution in [2.75, 3.05) is 18.4 Å². The van der Waals surface area contributed by atoms with Crippen LogP contribution in [0.3, 0.4) is 0 Å². The SMILES string of the molecule is CC(=O)c1ccc(NC(=O)C2CCN(S(=O)(=O)c3cc(Cl)ccc3Cl)CC2)cc1. The Bertz CT molecular complexity index is 1030. The van der Waals surface area contributed by atoms with Gasteiger partial charge in [0.1, 0.15) is 4.90 Å². The highest BCUT2D eigenvalue weighted by Gasteiger charge is 2.33. The van der Waals surface area contributed by atoms with Gasteiger partial charge in [0, 0.05) is 35.3 Å². The maximum Gasteiger partial charge on any atom is 0.244 e. The van der Waals surface area contributed by atoms with Crippen LogP contribution >= 0.6 is 23.2 Å². The summed E-state index contributed by atoms with van der Waals surface area (Å²) in [4.78, 5) is 23.8. The van der Waals surface area contributed by atoms with Crippen LogP contribution in [0.2, 0.25) is 10.0 Å². The van der Waals surface area contributed by atoms with E-state index >= 15 is 0 Å². The Balaban J connectivity index is 1.63. The van der Waals surface area contributed by atoms with Crippen molar-refractivity contribution < 1.29 is 18.0 Å². The molecule has 0 unspecified atom stereocenters. The van der Waals surface area contributed by atoms with Crippen LogP contribution in [0.25, 0.3) is 0 Å². The molecule has 0 aliphatic carbocycles. The molecular formula is C20H20Cl2N2O4S. The van der Waals surface area contributed by atoms with Crippen LogP contribution in [0, 0.1) is 5.92 Å². The molecule has 29 heavy (non-hydrogen) atoms. The number of amides is 1. The number of nitrogens with zero attached hydrogens (tertiary/aromatic N) is 1. The van der Waals surface area contributed by atoms with E-state index in [1.807, 2.05) is 0 Å². The number of piperidine rings is 1. The van der Waals surface area contributed by atoms with E-state index in [4.69, 9.17) is 23.2 Å². The van der Waals surface area contributed by atoms with E-state index in [1.165, 1.54) is 29.4 Å². The first-order valence-electron chi connectivity index (χ1n) is 9.05. The van der Waals surface area contributed by atoms with Crippen molar-refractivity contribution in [1.82, 2.24) is 4.31 Å². The number of Topliss-reactive ketones (excluding diaryl/α,β-unsaturated/α-hetero) is 1. The van der Waals surface area contributed by atoms with Crippen molar-refractivity contribution in [3.05, 3.63) is 58.1 Å².